The summed E-state index contributed by atoms with van der Waals surface area (Å²) in [6, 6.07) is 17.3. The molecule has 7 heteroatoms. The van der Waals surface area contributed by atoms with Crippen molar-refractivity contribution in [3.63, 3.8) is 0 Å². The number of fused-ring (bicyclic) bond motifs is 1. The topological polar surface area (TPSA) is 82.6 Å². The van der Waals surface area contributed by atoms with E-state index in [1.165, 1.54) is 20.5 Å². The molecule has 7 nitrogen and oxygen atoms in total. The number of rotatable bonds is 8. The Hall–Kier alpha value is -3.87. The minimum absolute atomic E-state index is 0.239. The number of benzene rings is 2. The highest BCUT2D eigenvalue weighted by Crippen LogP contribution is 2.30. The lowest BCUT2D eigenvalue weighted by Gasteiger charge is -2.20. The number of esters is 1. The molecule has 4 rings (SSSR count). The van der Waals surface area contributed by atoms with Crippen molar-refractivity contribution >= 4 is 23.2 Å². The molecule has 0 aliphatic heterocycles. The van der Waals surface area contributed by atoms with Crippen molar-refractivity contribution in [2.45, 2.75) is 32.3 Å². The first-order chi connectivity index (χ1) is 16.2. The first kappa shape index (κ1) is 22.3. The van der Waals surface area contributed by atoms with Crippen LogP contribution in [0.5, 0.6) is 5.88 Å². The average Bonchev–Trinajstić information content (AvgIpc) is 2.86. The Kier molecular flexibility index (Phi) is 7.19. The molecule has 1 aliphatic rings. The van der Waals surface area contributed by atoms with E-state index in [-0.39, 0.29) is 6.61 Å². The Labute approximate surface area is 193 Å². The maximum absolute atomic E-state index is 12.3. The molecule has 3 aromatic rings. The van der Waals surface area contributed by atoms with E-state index >= 15 is 0 Å². The molecule has 0 saturated heterocycles. The van der Waals surface area contributed by atoms with Crippen LogP contribution >= 0.6 is 0 Å². The lowest BCUT2D eigenvalue weighted by atomic mass is 9.97. The molecule has 1 heterocycles. The third-order valence-electron chi connectivity index (χ3n) is 5.49. The lowest BCUT2D eigenvalue weighted by molar-refractivity contribution is -0.133. The molecular weight excluding hydrogens is 418 g/mol. The van der Waals surface area contributed by atoms with Crippen molar-refractivity contribution in [3.05, 3.63) is 83.2 Å². The Bertz CT molecular complexity index is 1150. The molecule has 0 saturated carbocycles. The summed E-state index contributed by atoms with van der Waals surface area (Å²) < 4.78 is 16.3. The van der Waals surface area contributed by atoms with Gasteiger partial charge < -0.3 is 19.5 Å². The van der Waals surface area contributed by atoms with Crippen LogP contribution in [0.25, 0.3) is 5.57 Å². The van der Waals surface area contributed by atoms with E-state index in [1.54, 1.807) is 0 Å². The zero-order chi connectivity index (χ0) is 23.0. The number of para-hydroxylation sites is 1. The van der Waals surface area contributed by atoms with Crippen LogP contribution in [0.3, 0.4) is 0 Å². The maximum atomic E-state index is 12.3. The number of nitrogens with zero attached hydrogens (tertiary/aromatic N) is 2. The van der Waals surface area contributed by atoms with Crippen LogP contribution < -0.4 is 10.1 Å². The van der Waals surface area contributed by atoms with E-state index < -0.39 is 5.97 Å². The minimum Gasteiger partial charge on any atom is -0.503 e. The van der Waals surface area contributed by atoms with E-state index in [0.717, 1.165) is 48.2 Å². The summed E-state index contributed by atoms with van der Waals surface area (Å²) in [5.41, 5.74) is 4.83. The van der Waals surface area contributed by atoms with Crippen LogP contribution in [0.1, 0.15) is 35.2 Å². The van der Waals surface area contributed by atoms with Crippen LogP contribution in [-0.4, -0.2) is 30.2 Å². The molecule has 2 aromatic carbocycles. The number of nitrogens with one attached hydrogen (secondary N) is 1. The van der Waals surface area contributed by atoms with Crippen molar-refractivity contribution in [2.24, 2.45) is 0 Å². The zero-order valence-corrected chi connectivity index (χ0v) is 18.8. The molecule has 0 spiro atoms. The molecule has 33 heavy (non-hydrogen) atoms. The molecule has 0 bridgehead atoms. The van der Waals surface area contributed by atoms with Crippen molar-refractivity contribution in [3.8, 4) is 5.88 Å². The zero-order valence-electron chi connectivity index (χ0n) is 18.8. The van der Waals surface area contributed by atoms with Gasteiger partial charge in [-0.05, 0) is 48.9 Å². The molecule has 0 unspecified atom stereocenters. The number of carbonyl (C=O) groups is 1. The van der Waals surface area contributed by atoms with E-state index in [2.05, 4.69) is 10.3 Å². The molecule has 1 aromatic heterocycles. The normalized spacial score (nSPS) is 13.1. The Morgan fingerprint density at radius 2 is 1.76 bits per heavy atom. The predicted octanol–water partition coefficient (Wildman–Crippen LogP) is 4.84. The third-order valence-corrected chi connectivity index (χ3v) is 5.49. The van der Waals surface area contributed by atoms with Gasteiger partial charge in [0, 0.05) is 11.3 Å². The molecule has 0 amide bonds. The highest BCUT2D eigenvalue weighted by atomic mass is 16.5. The quantitative estimate of drug-likeness (QED) is 0.302. The number of aromatic nitrogens is 2. The Balaban J connectivity index is 1.63. The third kappa shape index (κ3) is 5.31. The van der Waals surface area contributed by atoms with Crippen molar-refractivity contribution < 1.29 is 19.0 Å². The molecule has 0 fully saturated rings. The van der Waals surface area contributed by atoms with Gasteiger partial charge in [-0.15, -0.1) is 0 Å². The smallest absolute Gasteiger partial charge is 0.341 e. The summed E-state index contributed by atoms with van der Waals surface area (Å²) >= 11 is 0. The van der Waals surface area contributed by atoms with E-state index in [9.17, 15) is 4.79 Å². The fourth-order valence-corrected chi connectivity index (χ4v) is 3.89. The average molecular weight is 446 g/mol. The minimum atomic E-state index is -0.474. The summed E-state index contributed by atoms with van der Waals surface area (Å²) in [6.45, 7) is 0.239. The number of methoxy groups -OCH3 is 2. The lowest BCUT2D eigenvalue weighted by Crippen LogP contribution is -2.13. The fourth-order valence-electron chi connectivity index (χ4n) is 3.89. The predicted molar refractivity (Wildman–Crippen MR) is 126 cm³/mol. The summed E-state index contributed by atoms with van der Waals surface area (Å²) in [5.74, 6) is 0.612. The number of anilines is 2. The van der Waals surface area contributed by atoms with Gasteiger partial charge in [-0.3, -0.25) is 0 Å². The maximum Gasteiger partial charge on any atom is 0.341 e. The van der Waals surface area contributed by atoms with Crippen molar-refractivity contribution in [1.29, 1.82) is 0 Å². The Morgan fingerprint density at radius 3 is 2.55 bits per heavy atom. The second-order valence-electron chi connectivity index (χ2n) is 7.68. The number of hydrogen-bond acceptors (Lipinski definition) is 7. The monoisotopic (exact) mass is 445 g/mol. The van der Waals surface area contributed by atoms with Gasteiger partial charge in [-0.1, -0.05) is 42.5 Å². The number of carbonyl (C=O) groups excluding carboxylic acids is 1. The summed E-state index contributed by atoms with van der Waals surface area (Å²) in [5, 5.41) is 3.27. The van der Waals surface area contributed by atoms with E-state index in [4.69, 9.17) is 19.2 Å². The second-order valence-corrected chi connectivity index (χ2v) is 7.68. The van der Waals surface area contributed by atoms with Gasteiger partial charge in [0.05, 0.1) is 26.2 Å². The molecular formula is C26H27N3O4. The van der Waals surface area contributed by atoms with Crippen molar-refractivity contribution in [1.82, 2.24) is 9.97 Å². The van der Waals surface area contributed by atoms with Crippen molar-refractivity contribution in [2.75, 3.05) is 19.5 Å². The number of ether oxygens (including phenoxy) is 3. The van der Waals surface area contributed by atoms with Gasteiger partial charge in [0.1, 0.15) is 12.2 Å². The van der Waals surface area contributed by atoms with Crippen LogP contribution in [0.2, 0.25) is 0 Å². The van der Waals surface area contributed by atoms with Gasteiger partial charge in [-0.25, -0.2) is 9.78 Å². The van der Waals surface area contributed by atoms with Crippen LogP contribution in [-0.2, 0) is 33.7 Å². The fraction of sp³-hybridized carbons (Fsp3) is 0.269. The van der Waals surface area contributed by atoms with Crippen LogP contribution in [0.15, 0.2) is 60.9 Å². The van der Waals surface area contributed by atoms with E-state index in [1.807, 2.05) is 54.6 Å². The summed E-state index contributed by atoms with van der Waals surface area (Å²) in [7, 11) is 2.84. The van der Waals surface area contributed by atoms with Gasteiger partial charge in [0.15, 0.2) is 0 Å². The second kappa shape index (κ2) is 10.6. The van der Waals surface area contributed by atoms with Gasteiger partial charge in [0.2, 0.25) is 11.8 Å². The summed E-state index contributed by atoms with van der Waals surface area (Å²) in [4.78, 5) is 21.7. The van der Waals surface area contributed by atoms with Gasteiger partial charge in [-0.2, -0.15) is 4.98 Å². The summed E-state index contributed by atoms with van der Waals surface area (Å²) in [6.07, 6.45) is 5.35. The number of aryl methyl sites for hydroxylation is 1. The Morgan fingerprint density at radius 1 is 1.00 bits per heavy atom. The highest BCUT2D eigenvalue weighted by Gasteiger charge is 2.21. The van der Waals surface area contributed by atoms with Crippen LogP contribution in [0, 0.1) is 0 Å². The molecule has 170 valence electrons. The largest absolute Gasteiger partial charge is 0.503 e. The molecule has 0 radical (unpaired) electrons. The van der Waals surface area contributed by atoms with Gasteiger partial charge in [0.25, 0.3) is 0 Å². The SMILES string of the molecule is CO/C=C(/C(=O)OC)c1ccccc1COc1nc(Nc2ccccc2)nc2c1CCCC2. The molecule has 1 N–H and O–H groups in total. The number of hydrogen-bond donors (Lipinski definition) is 1. The first-order valence-corrected chi connectivity index (χ1v) is 10.9. The van der Waals surface area contributed by atoms with E-state index in [0.29, 0.717) is 23.0 Å². The van der Waals surface area contributed by atoms with Gasteiger partial charge >= 0.3 is 5.97 Å². The van der Waals surface area contributed by atoms with Crippen LogP contribution in [0.4, 0.5) is 11.6 Å². The molecule has 1 aliphatic carbocycles. The first-order valence-electron chi connectivity index (χ1n) is 10.9. The standard InChI is InChI=1S/C26H27N3O4/c1-31-17-22(25(30)32-2)20-13-7-6-10-18(20)16-33-24-21-14-8-9-15-23(21)28-26(29-24)27-19-11-4-3-5-12-19/h3-7,10-13,17H,8-9,14-16H2,1-2H3,(H,27,28,29)/b22-17+. The highest BCUT2D eigenvalue weighted by molar-refractivity contribution is 6.16. The molecule has 0 atom stereocenters.